The van der Waals surface area contributed by atoms with Crippen molar-refractivity contribution in [2.24, 2.45) is 0 Å². The molecule has 1 aliphatic rings. The molecule has 5 rings (SSSR count). The number of phenolic OH excluding ortho intramolecular Hbond substituents is 1. The van der Waals surface area contributed by atoms with Gasteiger partial charge in [0, 0.05) is 22.8 Å². The lowest BCUT2D eigenvalue weighted by Crippen LogP contribution is -2.47. The molecule has 0 spiro atoms. The normalized spacial score (nSPS) is 14.8. The number of hydrogen-bond acceptors (Lipinski definition) is 12. The number of rotatable bonds is 10. The molecule has 13 nitrogen and oxygen atoms in total. The first kappa shape index (κ1) is 44.7. The zero-order chi connectivity index (χ0) is 44.9. The number of ketones is 2. The number of carbonyl (C=O) groups excluding carboxylic acids is 5. The average molecular weight is 884 g/mol. The maximum atomic E-state index is 14.0. The molecule has 1 aliphatic carbocycles. The molecule has 14 heteroatoms. The van der Waals surface area contributed by atoms with Gasteiger partial charge in [-0.1, -0.05) is 24.3 Å². The molecule has 312 valence electrons. The molecule has 0 heterocycles. The number of methoxy groups -OCH3 is 1. The smallest absolute Gasteiger partial charge is 0.356 e. The SMILES string of the molecule is COC1=CC(=O)C=C(C)[C@]1(O)C(=O)Oc1c(C)c(C)c(C(=O)Oc2cc(C)c(C(=O)Oc3c(C)c(C)c(C(=O)O)c(-c4ccc(C(C)=O)cc4)c3C)c(C)c2C)c(O)c1Br. The van der Waals surface area contributed by atoms with Gasteiger partial charge in [-0.2, -0.15) is 0 Å². The molecule has 3 N–H and O–H groups in total. The highest BCUT2D eigenvalue weighted by molar-refractivity contribution is 9.10. The Bertz CT molecular complexity index is 2620. The third-order valence-electron chi connectivity index (χ3n) is 11.1. The lowest BCUT2D eigenvalue weighted by atomic mass is 9.87. The number of esters is 3. The molecule has 0 unspecified atom stereocenters. The Hall–Kier alpha value is -6.38. The highest BCUT2D eigenvalue weighted by Gasteiger charge is 2.48. The van der Waals surface area contributed by atoms with Gasteiger partial charge in [0.15, 0.2) is 17.3 Å². The summed E-state index contributed by atoms with van der Waals surface area (Å²) in [7, 11) is 1.18. The first-order valence-electron chi connectivity index (χ1n) is 18.5. The van der Waals surface area contributed by atoms with Gasteiger partial charge in [-0.05, 0) is 147 Å². The lowest BCUT2D eigenvalue weighted by molar-refractivity contribution is -0.151. The number of allylic oxidation sites excluding steroid dienone is 2. The molecule has 0 bridgehead atoms. The lowest BCUT2D eigenvalue weighted by Gasteiger charge is -2.30. The van der Waals surface area contributed by atoms with Crippen molar-refractivity contribution in [3.05, 3.63) is 125 Å². The first-order chi connectivity index (χ1) is 28.0. The van der Waals surface area contributed by atoms with E-state index in [1.807, 2.05) is 0 Å². The van der Waals surface area contributed by atoms with E-state index in [0.717, 1.165) is 12.2 Å². The Labute approximate surface area is 354 Å². The van der Waals surface area contributed by atoms with Gasteiger partial charge in [0.1, 0.15) is 33.0 Å². The van der Waals surface area contributed by atoms with Crippen LogP contribution in [0.2, 0.25) is 0 Å². The molecule has 0 radical (unpaired) electrons. The minimum Gasteiger partial charge on any atom is -0.506 e. The summed E-state index contributed by atoms with van der Waals surface area (Å²) in [4.78, 5) is 77.7. The number of aromatic carboxylic acids is 1. The zero-order valence-corrected chi connectivity index (χ0v) is 36.4. The van der Waals surface area contributed by atoms with Crippen LogP contribution in [0.1, 0.15) is 99.8 Å². The monoisotopic (exact) mass is 882 g/mol. The van der Waals surface area contributed by atoms with Crippen LogP contribution < -0.4 is 14.2 Å². The molecular weight excluding hydrogens is 840 g/mol. The maximum Gasteiger partial charge on any atom is 0.356 e. The van der Waals surface area contributed by atoms with E-state index in [4.69, 9.17) is 18.9 Å². The van der Waals surface area contributed by atoms with E-state index in [-0.39, 0.29) is 66.7 Å². The van der Waals surface area contributed by atoms with Gasteiger partial charge in [-0.25, -0.2) is 19.2 Å². The van der Waals surface area contributed by atoms with Crippen LogP contribution >= 0.6 is 15.9 Å². The maximum absolute atomic E-state index is 14.0. The minimum atomic E-state index is -2.45. The number of Topliss-reactive ketones (excluding diaryl/α,β-unsaturated/α-hetero) is 1. The number of phenols is 1. The van der Waals surface area contributed by atoms with Crippen LogP contribution in [0, 0.1) is 55.4 Å². The quantitative estimate of drug-likeness (QED) is 0.0781. The predicted molar refractivity (Wildman–Crippen MR) is 223 cm³/mol. The predicted octanol–water partition coefficient (Wildman–Crippen LogP) is 8.32. The molecule has 0 fully saturated rings. The Morgan fingerprint density at radius 1 is 0.683 bits per heavy atom. The van der Waals surface area contributed by atoms with E-state index >= 15 is 0 Å². The van der Waals surface area contributed by atoms with Gasteiger partial charge < -0.3 is 34.3 Å². The number of hydrogen-bond donors (Lipinski definition) is 3. The molecule has 4 aromatic carbocycles. The summed E-state index contributed by atoms with van der Waals surface area (Å²) in [5.74, 6) is -5.69. The van der Waals surface area contributed by atoms with Crippen molar-refractivity contribution in [1.82, 2.24) is 0 Å². The van der Waals surface area contributed by atoms with Gasteiger partial charge in [-0.15, -0.1) is 0 Å². The fourth-order valence-electron chi connectivity index (χ4n) is 7.25. The van der Waals surface area contributed by atoms with Crippen LogP contribution in [0.15, 0.2) is 58.3 Å². The van der Waals surface area contributed by atoms with Crippen LogP contribution in [0.25, 0.3) is 11.1 Å². The van der Waals surface area contributed by atoms with Crippen LogP contribution in [0.5, 0.6) is 23.0 Å². The fraction of sp³-hybridized carbons (Fsp3) is 0.261. The summed E-state index contributed by atoms with van der Waals surface area (Å²) in [6.07, 6.45) is 2.02. The standard InChI is InChI=1S/C46H43BrO13/c1-19-16-32(58-44(54)37-24(6)26(8)41(38(47)39(37)50)60-45(55)46(56)20(2)17-31(49)18-33(46)57-11)21(3)22(4)34(19)43(53)59-40-25(7)23(5)36(42(51)52)35(27(40)9)30-14-12-29(13-15-30)28(10)48/h12-18,50,56H,1-11H3,(H,51,52)/t46-/m1/s1. The molecule has 4 aromatic rings. The zero-order valence-electron chi connectivity index (χ0n) is 34.8. The minimum absolute atomic E-state index is 0.0382. The summed E-state index contributed by atoms with van der Waals surface area (Å²) < 4.78 is 22.4. The van der Waals surface area contributed by atoms with Crippen LogP contribution in [-0.4, -0.2) is 63.5 Å². The number of halogens is 1. The number of carboxylic acid groups (broad SMARTS) is 1. The number of carboxylic acids is 1. The second-order valence-corrected chi connectivity index (χ2v) is 15.4. The Kier molecular flexibility index (Phi) is 12.4. The van der Waals surface area contributed by atoms with E-state index in [9.17, 15) is 44.1 Å². The summed E-state index contributed by atoms with van der Waals surface area (Å²) in [6.45, 7) is 15.7. The number of aliphatic hydroxyl groups is 1. The summed E-state index contributed by atoms with van der Waals surface area (Å²) in [5, 5.41) is 32.8. The molecule has 0 saturated heterocycles. The Morgan fingerprint density at radius 3 is 1.80 bits per heavy atom. The van der Waals surface area contributed by atoms with Crippen LogP contribution in [0.4, 0.5) is 0 Å². The van der Waals surface area contributed by atoms with Crippen molar-refractivity contribution in [3.63, 3.8) is 0 Å². The fourth-order valence-corrected chi connectivity index (χ4v) is 7.83. The van der Waals surface area contributed by atoms with E-state index in [0.29, 0.717) is 50.1 Å². The van der Waals surface area contributed by atoms with Gasteiger partial charge in [0.2, 0.25) is 5.60 Å². The summed E-state index contributed by atoms with van der Waals surface area (Å²) in [5.41, 5.74) is 1.64. The van der Waals surface area contributed by atoms with Crippen molar-refractivity contribution in [3.8, 4) is 34.1 Å². The molecule has 0 aromatic heterocycles. The largest absolute Gasteiger partial charge is 0.506 e. The number of aryl methyl sites for hydroxylation is 1. The average Bonchev–Trinajstić information content (AvgIpc) is 3.18. The number of ether oxygens (including phenoxy) is 4. The highest BCUT2D eigenvalue weighted by atomic mass is 79.9. The molecule has 1 atom stereocenters. The van der Waals surface area contributed by atoms with E-state index in [1.54, 1.807) is 65.8 Å². The second kappa shape index (κ2) is 16.7. The number of benzene rings is 4. The highest BCUT2D eigenvalue weighted by Crippen LogP contribution is 2.45. The molecule has 0 saturated carbocycles. The second-order valence-electron chi connectivity index (χ2n) is 14.6. The Morgan fingerprint density at radius 2 is 1.23 bits per heavy atom. The van der Waals surface area contributed by atoms with Crippen molar-refractivity contribution in [2.75, 3.05) is 7.11 Å². The van der Waals surface area contributed by atoms with Crippen molar-refractivity contribution >= 4 is 51.4 Å². The van der Waals surface area contributed by atoms with E-state index < -0.39 is 41.0 Å². The first-order valence-corrected chi connectivity index (χ1v) is 19.3. The van der Waals surface area contributed by atoms with Crippen molar-refractivity contribution in [1.29, 1.82) is 0 Å². The van der Waals surface area contributed by atoms with Crippen molar-refractivity contribution in [2.45, 2.75) is 74.8 Å². The topological polar surface area (TPSA) is 200 Å². The number of carbonyl (C=O) groups is 6. The molecular formula is C46H43BrO13. The molecule has 60 heavy (non-hydrogen) atoms. The third-order valence-corrected chi connectivity index (χ3v) is 11.8. The Balaban J connectivity index is 1.47. The molecule has 0 amide bonds. The van der Waals surface area contributed by atoms with Crippen LogP contribution in [0.3, 0.4) is 0 Å². The number of aromatic hydroxyl groups is 1. The van der Waals surface area contributed by atoms with Gasteiger partial charge in [0.25, 0.3) is 0 Å². The summed E-state index contributed by atoms with van der Waals surface area (Å²) >= 11 is 3.21. The summed E-state index contributed by atoms with van der Waals surface area (Å²) in [6, 6.07) is 7.99. The van der Waals surface area contributed by atoms with Gasteiger partial charge in [-0.3, -0.25) is 9.59 Å². The van der Waals surface area contributed by atoms with Gasteiger partial charge >= 0.3 is 23.9 Å². The molecule has 0 aliphatic heterocycles. The third kappa shape index (κ3) is 7.64. The van der Waals surface area contributed by atoms with Crippen LogP contribution in [-0.2, 0) is 14.3 Å². The van der Waals surface area contributed by atoms with E-state index in [2.05, 4.69) is 15.9 Å². The van der Waals surface area contributed by atoms with Crippen molar-refractivity contribution < 1.29 is 63.0 Å². The van der Waals surface area contributed by atoms with Gasteiger partial charge in [0.05, 0.1) is 18.2 Å². The van der Waals surface area contributed by atoms with E-state index in [1.165, 1.54) is 40.9 Å².